The third kappa shape index (κ3) is 2.70. The lowest BCUT2D eigenvalue weighted by Gasteiger charge is -2.34. The number of nitrogens with zero attached hydrogens (tertiary/aromatic N) is 1. The Kier molecular flexibility index (Phi) is 4.87. The van der Waals surface area contributed by atoms with Crippen LogP contribution >= 0.6 is 11.6 Å². The van der Waals surface area contributed by atoms with E-state index in [1.165, 1.54) is 0 Å². The van der Waals surface area contributed by atoms with Crippen LogP contribution in [0.15, 0.2) is 46.8 Å². The third-order valence-corrected chi connectivity index (χ3v) is 4.87. The highest BCUT2D eigenvalue weighted by Gasteiger charge is 2.48. The van der Waals surface area contributed by atoms with Crippen LogP contribution in [-0.2, 0) is 23.9 Å². The number of esters is 3. The summed E-state index contributed by atoms with van der Waals surface area (Å²) in [4.78, 5) is 39.1. The molecule has 3 rings (SSSR count). The Morgan fingerprint density at radius 1 is 1.23 bits per heavy atom. The zero-order valence-electron chi connectivity index (χ0n) is 14.7. The van der Waals surface area contributed by atoms with Crippen molar-refractivity contribution in [1.29, 1.82) is 0 Å². The largest absolute Gasteiger partial charge is 0.463 e. The Bertz CT molecular complexity index is 870. The number of likely N-dealkylation sites (N-methyl/N-ethyl adjacent to an activating group) is 1. The highest BCUT2D eigenvalue weighted by Crippen LogP contribution is 2.46. The smallest absolute Gasteiger partial charge is 0.363 e. The molecule has 0 fully saturated rings. The zero-order valence-corrected chi connectivity index (χ0v) is 15.4. The molecule has 0 amide bonds. The summed E-state index contributed by atoms with van der Waals surface area (Å²) < 4.78 is 10.1. The second-order valence-corrected chi connectivity index (χ2v) is 6.26. The van der Waals surface area contributed by atoms with Crippen LogP contribution in [0.4, 0.5) is 0 Å². The van der Waals surface area contributed by atoms with Gasteiger partial charge < -0.3 is 14.4 Å². The molecule has 2 aliphatic heterocycles. The van der Waals surface area contributed by atoms with Gasteiger partial charge in [0.2, 0.25) is 0 Å². The number of ether oxygens (including phenoxy) is 2. The Morgan fingerprint density at radius 3 is 2.54 bits per heavy atom. The van der Waals surface area contributed by atoms with Crippen molar-refractivity contribution < 1.29 is 23.9 Å². The SMILES string of the molecule is CCOC(=O)C1=C(C)N(CC)C2=C(C(=O)OC2=O)C1c1ccccc1Cl. The molecule has 6 nitrogen and oxygen atoms in total. The maximum atomic E-state index is 12.7. The lowest BCUT2D eigenvalue weighted by molar-refractivity contribution is -0.151. The summed E-state index contributed by atoms with van der Waals surface area (Å²) in [7, 11) is 0. The number of rotatable bonds is 4. The van der Waals surface area contributed by atoms with Gasteiger partial charge in [-0.15, -0.1) is 0 Å². The number of hydrogen-bond donors (Lipinski definition) is 0. The van der Waals surface area contributed by atoms with E-state index in [1.54, 1.807) is 43.0 Å². The van der Waals surface area contributed by atoms with E-state index >= 15 is 0 Å². The molecule has 1 aromatic rings. The van der Waals surface area contributed by atoms with Crippen LogP contribution in [0.5, 0.6) is 0 Å². The first kappa shape index (κ1) is 18.2. The fourth-order valence-electron chi connectivity index (χ4n) is 3.46. The lowest BCUT2D eigenvalue weighted by atomic mass is 9.80. The molecule has 0 aromatic heterocycles. The summed E-state index contributed by atoms with van der Waals surface area (Å²) in [5.74, 6) is -2.85. The quantitative estimate of drug-likeness (QED) is 0.595. The van der Waals surface area contributed by atoms with E-state index in [4.69, 9.17) is 21.1 Å². The van der Waals surface area contributed by atoms with Gasteiger partial charge in [-0.05, 0) is 32.4 Å². The summed E-state index contributed by atoms with van der Waals surface area (Å²) >= 11 is 6.35. The molecule has 0 radical (unpaired) electrons. The normalized spacial score (nSPS) is 19.7. The summed E-state index contributed by atoms with van der Waals surface area (Å²) in [6.45, 7) is 5.83. The van der Waals surface area contributed by atoms with E-state index in [0.717, 1.165) is 0 Å². The van der Waals surface area contributed by atoms with Gasteiger partial charge in [-0.25, -0.2) is 14.4 Å². The lowest BCUT2D eigenvalue weighted by Crippen LogP contribution is -2.34. The minimum absolute atomic E-state index is 0.124. The third-order valence-electron chi connectivity index (χ3n) is 4.52. The summed E-state index contributed by atoms with van der Waals surface area (Å²) in [5.41, 5.74) is 1.66. The van der Waals surface area contributed by atoms with Crippen LogP contribution < -0.4 is 0 Å². The molecule has 7 heteroatoms. The van der Waals surface area contributed by atoms with E-state index in [2.05, 4.69) is 0 Å². The molecule has 136 valence electrons. The first-order chi connectivity index (χ1) is 12.4. The average molecular weight is 376 g/mol. The number of carbonyl (C=O) groups excluding carboxylic acids is 3. The molecule has 1 unspecified atom stereocenters. The molecule has 1 aromatic carbocycles. The Hall–Kier alpha value is -2.60. The average Bonchev–Trinajstić information content (AvgIpc) is 2.89. The molecule has 0 aliphatic carbocycles. The minimum atomic E-state index is -0.820. The molecular formula is C19H18ClNO5. The zero-order chi connectivity index (χ0) is 19.0. The van der Waals surface area contributed by atoms with E-state index in [9.17, 15) is 14.4 Å². The predicted octanol–water partition coefficient (Wildman–Crippen LogP) is 2.93. The molecule has 0 saturated carbocycles. The number of cyclic esters (lactones) is 2. The molecule has 0 N–H and O–H groups in total. The maximum absolute atomic E-state index is 12.7. The molecule has 2 aliphatic rings. The van der Waals surface area contributed by atoms with Crippen molar-refractivity contribution >= 4 is 29.5 Å². The second kappa shape index (κ2) is 6.96. The molecule has 0 bridgehead atoms. The Morgan fingerprint density at radius 2 is 1.92 bits per heavy atom. The first-order valence-electron chi connectivity index (χ1n) is 8.32. The van der Waals surface area contributed by atoms with Crippen LogP contribution in [0.3, 0.4) is 0 Å². The van der Waals surface area contributed by atoms with Crippen LogP contribution in [-0.4, -0.2) is 36.0 Å². The number of carbonyl (C=O) groups is 3. The Balaban J connectivity index is 2.30. The monoisotopic (exact) mass is 375 g/mol. The van der Waals surface area contributed by atoms with E-state index in [0.29, 0.717) is 22.8 Å². The van der Waals surface area contributed by atoms with Crippen molar-refractivity contribution in [1.82, 2.24) is 4.90 Å². The van der Waals surface area contributed by atoms with Crippen LogP contribution in [0.25, 0.3) is 0 Å². The molecule has 0 spiro atoms. The fourth-order valence-corrected chi connectivity index (χ4v) is 3.71. The Labute approximate surface area is 156 Å². The highest BCUT2D eigenvalue weighted by molar-refractivity contribution is 6.31. The van der Waals surface area contributed by atoms with Gasteiger partial charge in [0, 0.05) is 17.3 Å². The first-order valence-corrected chi connectivity index (χ1v) is 8.70. The molecule has 1 atom stereocenters. The minimum Gasteiger partial charge on any atom is -0.463 e. The standard InChI is InChI=1S/C19H18ClNO5/c1-4-21-10(3)13(17(22)25-5-2)14(11-8-6-7-9-12(11)20)15-16(21)19(24)26-18(15)23/h6-9,14H,4-5H2,1-3H3. The van der Waals surface area contributed by atoms with Gasteiger partial charge in [0.25, 0.3) is 0 Å². The van der Waals surface area contributed by atoms with E-state index < -0.39 is 23.8 Å². The van der Waals surface area contributed by atoms with Gasteiger partial charge in [-0.3, -0.25) is 0 Å². The number of hydrogen-bond acceptors (Lipinski definition) is 6. The highest BCUT2D eigenvalue weighted by atomic mass is 35.5. The van der Waals surface area contributed by atoms with Crippen molar-refractivity contribution in [3.8, 4) is 0 Å². The van der Waals surface area contributed by atoms with Gasteiger partial charge in [0.1, 0.15) is 5.70 Å². The fraction of sp³-hybridized carbons (Fsp3) is 0.316. The van der Waals surface area contributed by atoms with Gasteiger partial charge >= 0.3 is 17.9 Å². The van der Waals surface area contributed by atoms with Crippen molar-refractivity contribution in [2.75, 3.05) is 13.2 Å². The van der Waals surface area contributed by atoms with E-state index in [1.807, 2.05) is 6.92 Å². The van der Waals surface area contributed by atoms with Crippen molar-refractivity contribution in [2.24, 2.45) is 0 Å². The second-order valence-electron chi connectivity index (χ2n) is 5.86. The predicted molar refractivity (Wildman–Crippen MR) is 94.0 cm³/mol. The van der Waals surface area contributed by atoms with Crippen LogP contribution in [0.1, 0.15) is 32.3 Å². The molecular weight excluding hydrogens is 358 g/mol. The van der Waals surface area contributed by atoms with Gasteiger partial charge in [-0.1, -0.05) is 29.8 Å². The number of halogens is 1. The van der Waals surface area contributed by atoms with Crippen LogP contribution in [0, 0.1) is 0 Å². The van der Waals surface area contributed by atoms with Gasteiger partial charge in [0.05, 0.1) is 23.7 Å². The summed E-state index contributed by atoms with van der Waals surface area (Å²) in [6, 6.07) is 6.90. The van der Waals surface area contributed by atoms with Crippen molar-refractivity contribution in [3.05, 3.63) is 57.4 Å². The van der Waals surface area contributed by atoms with Gasteiger partial charge in [0.15, 0.2) is 0 Å². The number of benzene rings is 1. The van der Waals surface area contributed by atoms with Crippen LogP contribution in [0.2, 0.25) is 5.02 Å². The summed E-state index contributed by atoms with van der Waals surface area (Å²) in [6.07, 6.45) is 0. The maximum Gasteiger partial charge on any atom is 0.363 e. The van der Waals surface area contributed by atoms with Crippen molar-refractivity contribution in [2.45, 2.75) is 26.7 Å². The van der Waals surface area contributed by atoms with E-state index in [-0.39, 0.29) is 23.5 Å². The van der Waals surface area contributed by atoms with Crippen molar-refractivity contribution in [3.63, 3.8) is 0 Å². The summed E-state index contributed by atoms with van der Waals surface area (Å²) in [5, 5.41) is 0.385. The molecule has 26 heavy (non-hydrogen) atoms. The molecule has 0 saturated heterocycles. The topological polar surface area (TPSA) is 72.9 Å². The molecule has 2 heterocycles. The number of allylic oxidation sites excluding steroid dienone is 1. The van der Waals surface area contributed by atoms with Gasteiger partial charge in [-0.2, -0.15) is 0 Å².